The van der Waals surface area contributed by atoms with Gasteiger partial charge in [-0.15, -0.1) is 0 Å². The lowest BCUT2D eigenvalue weighted by atomic mass is 10.4. The number of nitrogens with zero attached hydrogens (tertiary/aromatic N) is 2. The summed E-state index contributed by atoms with van der Waals surface area (Å²) in [6.07, 6.45) is -0.927. The predicted molar refractivity (Wildman–Crippen MR) is 67.5 cm³/mol. The molecule has 0 unspecified atom stereocenters. The number of hydrogen-bond donors (Lipinski definition) is 2. The Morgan fingerprint density at radius 2 is 2.30 bits per heavy atom. The van der Waals surface area contributed by atoms with E-state index in [1.54, 1.807) is 24.4 Å². The molecule has 0 radical (unpaired) electrons. The third-order valence-corrected chi connectivity index (χ3v) is 2.52. The molecule has 2 N–H and O–H groups in total. The number of hydrogen-bond acceptors (Lipinski definition) is 4. The van der Waals surface area contributed by atoms with Crippen LogP contribution in [0.25, 0.3) is 5.65 Å². The fourth-order valence-electron chi connectivity index (χ4n) is 1.74. The van der Waals surface area contributed by atoms with Crippen molar-refractivity contribution in [3.63, 3.8) is 0 Å². The van der Waals surface area contributed by atoms with E-state index in [2.05, 4.69) is 10.3 Å². The van der Waals surface area contributed by atoms with Gasteiger partial charge in [-0.1, -0.05) is 6.07 Å². The van der Waals surface area contributed by atoms with E-state index in [1.807, 2.05) is 0 Å². The summed E-state index contributed by atoms with van der Waals surface area (Å²) < 4.78 is 29.8. The maximum absolute atomic E-state index is 11.9. The second-order valence-electron chi connectivity index (χ2n) is 3.94. The van der Waals surface area contributed by atoms with Crippen molar-refractivity contribution in [3.05, 3.63) is 30.1 Å². The van der Waals surface area contributed by atoms with Crippen molar-refractivity contribution in [1.29, 1.82) is 0 Å². The Morgan fingerprint density at radius 3 is 3.00 bits per heavy atom. The number of aromatic carboxylic acids is 1. The third kappa shape index (κ3) is 3.21. The van der Waals surface area contributed by atoms with Crippen LogP contribution in [0.15, 0.2) is 24.4 Å². The Morgan fingerprint density at radius 1 is 1.50 bits per heavy atom. The molecule has 0 aliphatic carbocycles. The highest BCUT2D eigenvalue weighted by Crippen LogP contribution is 2.17. The number of carboxylic acids is 1. The second kappa shape index (κ2) is 6.29. The molecule has 0 spiro atoms. The summed E-state index contributed by atoms with van der Waals surface area (Å²) >= 11 is 0. The van der Waals surface area contributed by atoms with Crippen LogP contribution in [0.1, 0.15) is 10.5 Å². The molecule has 2 heterocycles. The first-order valence-electron chi connectivity index (χ1n) is 5.89. The summed E-state index contributed by atoms with van der Waals surface area (Å²) in [6.45, 7) is -0.410. The summed E-state index contributed by atoms with van der Waals surface area (Å²) in [5, 5.41) is 12.0. The average molecular weight is 285 g/mol. The Kier molecular flexibility index (Phi) is 4.46. The zero-order valence-corrected chi connectivity index (χ0v) is 10.4. The van der Waals surface area contributed by atoms with Gasteiger partial charge in [-0.25, -0.2) is 18.6 Å². The van der Waals surface area contributed by atoms with Gasteiger partial charge in [0.1, 0.15) is 12.3 Å². The summed E-state index contributed by atoms with van der Waals surface area (Å²) in [7, 11) is 0. The van der Waals surface area contributed by atoms with E-state index in [1.165, 1.54) is 4.40 Å². The number of ether oxygens (including phenoxy) is 1. The minimum Gasteiger partial charge on any atom is -0.476 e. The molecule has 2 aromatic heterocycles. The summed E-state index contributed by atoms with van der Waals surface area (Å²) in [4.78, 5) is 15.4. The highest BCUT2D eigenvalue weighted by molar-refractivity contribution is 5.92. The fourth-order valence-corrected chi connectivity index (χ4v) is 1.74. The number of carbonyl (C=O) groups is 1. The first-order valence-corrected chi connectivity index (χ1v) is 5.89. The van der Waals surface area contributed by atoms with Gasteiger partial charge in [0.25, 0.3) is 6.43 Å². The normalized spacial score (nSPS) is 11.2. The number of imidazole rings is 1. The van der Waals surface area contributed by atoms with Gasteiger partial charge in [0, 0.05) is 12.7 Å². The van der Waals surface area contributed by atoms with Crippen LogP contribution in [0, 0.1) is 0 Å². The van der Waals surface area contributed by atoms with Crippen molar-refractivity contribution in [2.45, 2.75) is 6.43 Å². The lowest BCUT2D eigenvalue weighted by Crippen LogP contribution is -2.15. The predicted octanol–water partition coefficient (Wildman–Crippen LogP) is 1.73. The molecule has 0 saturated carbocycles. The Hall–Kier alpha value is -2.22. The zero-order valence-electron chi connectivity index (χ0n) is 10.4. The van der Waals surface area contributed by atoms with Crippen molar-refractivity contribution >= 4 is 17.4 Å². The van der Waals surface area contributed by atoms with E-state index in [4.69, 9.17) is 4.74 Å². The first-order chi connectivity index (χ1) is 9.59. The number of fused-ring (bicyclic) bond motifs is 1. The Balaban J connectivity index is 2.06. The van der Waals surface area contributed by atoms with Crippen molar-refractivity contribution < 1.29 is 23.4 Å². The van der Waals surface area contributed by atoms with Crippen LogP contribution >= 0.6 is 0 Å². The van der Waals surface area contributed by atoms with Crippen molar-refractivity contribution in [3.8, 4) is 0 Å². The molecule has 2 rings (SSSR count). The van der Waals surface area contributed by atoms with Gasteiger partial charge < -0.3 is 15.2 Å². The number of carboxylic acid groups (broad SMARTS) is 1. The number of rotatable bonds is 7. The van der Waals surface area contributed by atoms with E-state index in [0.29, 0.717) is 5.65 Å². The molecule has 0 fully saturated rings. The Labute approximate surface area is 113 Å². The standard InChI is InChI=1S/C12H13F2N3O3/c13-8(14)7-20-6-4-15-11-10(12(18)19)17-5-2-1-3-9(17)16-11/h1-3,5,8,15H,4,6-7H2,(H,18,19). The van der Waals surface area contributed by atoms with Crippen LogP contribution < -0.4 is 5.32 Å². The van der Waals surface area contributed by atoms with Crippen molar-refractivity contribution in [2.24, 2.45) is 0 Å². The smallest absolute Gasteiger partial charge is 0.356 e. The average Bonchev–Trinajstić information content (AvgIpc) is 2.76. The van der Waals surface area contributed by atoms with Crippen molar-refractivity contribution in [1.82, 2.24) is 9.38 Å². The van der Waals surface area contributed by atoms with Crippen molar-refractivity contribution in [2.75, 3.05) is 25.1 Å². The first kappa shape index (κ1) is 14.2. The molecule has 2 aromatic rings. The van der Waals surface area contributed by atoms with Gasteiger partial charge in [-0.2, -0.15) is 0 Å². The Bertz CT molecular complexity index is 601. The van der Waals surface area contributed by atoms with Crippen LogP contribution in [-0.2, 0) is 4.74 Å². The molecule has 0 aromatic carbocycles. The molecule has 6 nitrogen and oxygen atoms in total. The number of aromatic nitrogens is 2. The molecule has 0 saturated heterocycles. The highest BCUT2D eigenvalue weighted by Gasteiger charge is 2.17. The van der Waals surface area contributed by atoms with Gasteiger partial charge >= 0.3 is 5.97 Å². The van der Waals surface area contributed by atoms with Gasteiger partial charge in [0.05, 0.1) is 6.61 Å². The van der Waals surface area contributed by atoms with E-state index in [-0.39, 0.29) is 24.7 Å². The number of halogens is 2. The quantitative estimate of drug-likeness (QED) is 0.758. The van der Waals surface area contributed by atoms with Crippen LogP contribution in [0.3, 0.4) is 0 Å². The number of pyridine rings is 1. The summed E-state index contributed by atoms with van der Waals surface area (Å²) in [5.41, 5.74) is 0.482. The topological polar surface area (TPSA) is 75.9 Å². The summed E-state index contributed by atoms with van der Waals surface area (Å²) in [6, 6.07) is 5.10. The van der Waals surface area contributed by atoms with Gasteiger partial charge in [-0.3, -0.25) is 4.40 Å². The molecule has 0 aliphatic rings. The monoisotopic (exact) mass is 285 g/mol. The molecule has 8 heteroatoms. The van der Waals surface area contributed by atoms with Gasteiger partial charge in [0.2, 0.25) is 0 Å². The van der Waals surface area contributed by atoms with E-state index in [0.717, 1.165) is 0 Å². The van der Waals surface area contributed by atoms with E-state index in [9.17, 15) is 18.7 Å². The molecule has 0 atom stereocenters. The molecular formula is C12H13F2N3O3. The maximum Gasteiger partial charge on any atom is 0.356 e. The van der Waals surface area contributed by atoms with Crippen LogP contribution in [0.5, 0.6) is 0 Å². The lowest BCUT2D eigenvalue weighted by molar-refractivity contribution is 0.0215. The van der Waals surface area contributed by atoms with Gasteiger partial charge in [-0.05, 0) is 12.1 Å². The van der Waals surface area contributed by atoms with Gasteiger partial charge in [0.15, 0.2) is 11.5 Å². The van der Waals surface area contributed by atoms with Crippen LogP contribution in [0.4, 0.5) is 14.6 Å². The van der Waals surface area contributed by atoms with E-state index < -0.39 is 19.0 Å². The van der Waals surface area contributed by atoms with Crippen LogP contribution in [-0.4, -0.2) is 46.6 Å². The molecular weight excluding hydrogens is 272 g/mol. The largest absolute Gasteiger partial charge is 0.476 e. The molecule has 108 valence electrons. The SMILES string of the molecule is O=C(O)c1c(NCCOCC(F)F)nc2ccccn12. The molecule has 20 heavy (non-hydrogen) atoms. The minimum atomic E-state index is -2.51. The van der Waals surface area contributed by atoms with Crippen LogP contribution in [0.2, 0.25) is 0 Å². The zero-order chi connectivity index (χ0) is 14.5. The maximum atomic E-state index is 11.9. The molecule has 0 amide bonds. The number of alkyl halides is 2. The number of anilines is 1. The summed E-state index contributed by atoms with van der Waals surface area (Å²) in [5.74, 6) is -0.941. The lowest BCUT2D eigenvalue weighted by Gasteiger charge is -2.05. The molecule has 0 bridgehead atoms. The molecule has 0 aliphatic heterocycles. The minimum absolute atomic E-state index is 0.00513. The third-order valence-electron chi connectivity index (χ3n) is 2.52. The number of nitrogens with one attached hydrogen (secondary N) is 1. The fraction of sp³-hybridized carbons (Fsp3) is 0.333. The highest BCUT2D eigenvalue weighted by atomic mass is 19.3. The second-order valence-corrected chi connectivity index (χ2v) is 3.94. The van der Waals surface area contributed by atoms with E-state index >= 15 is 0 Å².